The van der Waals surface area contributed by atoms with E-state index in [-0.39, 0.29) is 29.6 Å². The van der Waals surface area contributed by atoms with Crippen LogP contribution in [0.1, 0.15) is 19.8 Å². The third-order valence-electron chi connectivity index (χ3n) is 3.67. The summed E-state index contributed by atoms with van der Waals surface area (Å²) >= 11 is 0. The zero-order valence-electron chi connectivity index (χ0n) is 10.1. The average Bonchev–Trinajstić information content (AvgIpc) is 2.88. The van der Waals surface area contributed by atoms with Gasteiger partial charge >= 0.3 is 29.6 Å². The molecule has 0 heterocycles. The maximum absolute atomic E-state index is 2.52. The summed E-state index contributed by atoms with van der Waals surface area (Å²) in [7, 11) is -1.26. The minimum atomic E-state index is -1.26. The molecule has 0 radical (unpaired) electrons. The molecule has 0 fully saturated rings. The third-order valence-corrected chi connectivity index (χ3v) is 8.66. The molecule has 0 N–H and O–H groups in total. The molecule has 2 heteroatoms. The summed E-state index contributed by atoms with van der Waals surface area (Å²) in [4.78, 5) is 0. The van der Waals surface area contributed by atoms with E-state index < -0.39 is 8.07 Å². The van der Waals surface area contributed by atoms with Crippen molar-refractivity contribution in [3.8, 4) is 0 Å². The molecule has 0 unspecified atom stereocenters. The van der Waals surface area contributed by atoms with E-state index in [1.165, 1.54) is 18.9 Å². The fraction of sp³-hybridized carbons (Fsp3) is 0.385. The van der Waals surface area contributed by atoms with Crippen LogP contribution in [0.3, 0.4) is 0 Å². The molecule has 15 heavy (non-hydrogen) atoms. The molecule has 0 aromatic carbocycles. The standard InChI is InChI=1S/C13H18Si.Na/c1-3-14(2,12-8-4-5-9-12)13-10-6-7-11-13;/h4-8,10H,3,9,11H2,1-2H3;/q;+1. The number of hydrogen-bond acceptors (Lipinski definition) is 0. The first-order chi connectivity index (χ1) is 6.77. The Morgan fingerprint density at radius 3 is 1.80 bits per heavy atom. The zero-order chi connectivity index (χ0) is 10.0. The molecule has 0 atom stereocenters. The van der Waals surface area contributed by atoms with Crippen molar-refractivity contribution < 1.29 is 29.6 Å². The van der Waals surface area contributed by atoms with Gasteiger partial charge in [0, 0.05) is 0 Å². The molecule has 74 valence electrons. The summed E-state index contributed by atoms with van der Waals surface area (Å²) in [5, 5.41) is 3.44. The van der Waals surface area contributed by atoms with Crippen molar-refractivity contribution in [2.45, 2.75) is 32.4 Å². The van der Waals surface area contributed by atoms with Gasteiger partial charge in [-0.05, 0) is 12.8 Å². The molecule has 2 aliphatic carbocycles. The Bertz CT molecular complexity index is 318. The van der Waals surface area contributed by atoms with E-state index >= 15 is 0 Å². The van der Waals surface area contributed by atoms with Crippen molar-refractivity contribution in [1.82, 2.24) is 0 Å². The maximum Gasteiger partial charge on any atom is 1.00 e. The van der Waals surface area contributed by atoms with E-state index in [2.05, 4.69) is 49.9 Å². The molecule has 0 aromatic heterocycles. The first-order valence-electron chi connectivity index (χ1n) is 5.49. The van der Waals surface area contributed by atoms with Crippen molar-refractivity contribution in [2.75, 3.05) is 0 Å². The normalized spacial score (nSPS) is 18.8. The Morgan fingerprint density at radius 1 is 1.07 bits per heavy atom. The van der Waals surface area contributed by atoms with Gasteiger partial charge < -0.3 is 0 Å². The zero-order valence-corrected chi connectivity index (χ0v) is 13.1. The van der Waals surface area contributed by atoms with Gasteiger partial charge in [-0.1, -0.05) is 66.4 Å². The molecule has 0 spiro atoms. The molecule has 0 aliphatic heterocycles. The van der Waals surface area contributed by atoms with Gasteiger partial charge in [-0.2, -0.15) is 0 Å². The van der Waals surface area contributed by atoms with E-state index in [9.17, 15) is 0 Å². The summed E-state index contributed by atoms with van der Waals surface area (Å²) < 4.78 is 0. The Kier molecular flexibility index (Phi) is 4.85. The molecule has 0 aromatic rings. The smallest absolute Gasteiger partial charge is 0.0809 e. The van der Waals surface area contributed by atoms with Gasteiger partial charge in [-0.25, -0.2) is 0 Å². The van der Waals surface area contributed by atoms with Crippen LogP contribution in [0.4, 0.5) is 0 Å². The minimum absolute atomic E-state index is 0. The van der Waals surface area contributed by atoms with Crippen molar-refractivity contribution in [2.24, 2.45) is 0 Å². The quantitative estimate of drug-likeness (QED) is 0.627. The predicted molar refractivity (Wildman–Crippen MR) is 65.8 cm³/mol. The minimum Gasteiger partial charge on any atom is -0.0809 e. The van der Waals surface area contributed by atoms with E-state index in [1.54, 1.807) is 10.4 Å². The van der Waals surface area contributed by atoms with Gasteiger partial charge in [0.05, 0.1) is 0 Å². The Balaban J connectivity index is 0.00000112. The average molecular weight is 225 g/mol. The maximum atomic E-state index is 2.52. The van der Waals surface area contributed by atoms with E-state index in [4.69, 9.17) is 0 Å². The van der Waals surface area contributed by atoms with Crippen LogP contribution >= 0.6 is 0 Å². The first-order valence-corrected chi connectivity index (χ1v) is 8.20. The van der Waals surface area contributed by atoms with Gasteiger partial charge in [0.1, 0.15) is 8.07 Å². The van der Waals surface area contributed by atoms with Crippen LogP contribution in [-0.4, -0.2) is 8.07 Å². The molecule has 2 rings (SSSR count). The molecule has 2 aliphatic rings. The van der Waals surface area contributed by atoms with Crippen LogP contribution < -0.4 is 29.6 Å². The summed E-state index contributed by atoms with van der Waals surface area (Å²) in [6.45, 7) is 4.87. The summed E-state index contributed by atoms with van der Waals surface area (Å²) in [6.07, 6.45) is 16.1. The number of rotatable bonds is 3. The second-order valence-corrected chi connectivity index (χ2v) is 8.99. The summed E-state index contributed by atoms with van der Waals surface area (Å²) in [5.74, 6) is 0. The molecule has 0 amide bonds. The summed E-state index contributed by atoms with van der Waals surface area (Å²) in [5.41, 5.74) is 0. The van der Waals surface area contributed by atoms with Crippen molar-refractivity contribution in [1.29, 1.82) is 0 Å². The Hall–Kier alpha value is 0.177. The van der Waals surface area contributed by atoms with Gasteiger partial charge in [0.15, 0.2) is 0 Å². The van der Waals surface area contributed by atoms with Crippen LogP contribution in [0, 0.1) is 0 Å². The molecule has 0 saturated carbocycles. The van der Waals surface area contributed by atoms with E-state index in [0.29, 0.717) is 0 Å². The Morgan fingerprint density at radius 2 is 1.53 bits per heavy atom. The number of hydrogen-bond donors (Lipinski definition) is 0. The largest absolute Gasteiger partial charge is 1.00 e. The van der Waals surface area contributed by atoms with Crippen molar-refractivity contribution >= 4 is 8.07 Å². The summed E-state index contributed by atoms with van der Waals surface area (Å²) in [6, 6.07) is 1.34. The second kappa shape index (κ2) is 5.49. The molecular formula is C13H18NaSi+. The fourth-order valence-corrected chi connectivity index (χ4v) is 5.76. The van der Waals surface area contributed by atoms with Crippen LogP contribution in [-0.2, 0) is 0 Å². The Labute approximate surface area is 116 Å². The molecular weight excluding hydrogens is 207 g/mol. The molecule has 0 bridgehead atoms. The molecule has 0 nitrogen and oxygen atoms in total. The van der Waals surface area contributed by atoms with Gasteiger partial charge in [-0.15, -0.1) is 0 Å². The predicted octanol–water partition coefficient (Wildman–Crippen LogP) is 0.940. The van der Waals surface area contributed by atoms with E-state index in [1.807, 2.05) is 0 Å². The van der Waals surface area contributed by atoms with Gasteiger partial charge in [0.25, 0.3) is 0 Å². The van der Waals surface area contributed by atoms with Crippen molar-refractivity contribution in [3.63, 3.8) is 0 Å². The van der Waals surface area contributed by atoms with E-state index in [0.717, 1.165) is 0 Å². The fourth-order valence-electron chi connectivity index (χ4n) is 2.37. The molecule has 0 saturated heterocycles. The van der Waals surface area contributed by atoms with Gasteiger partial charge in [-0.3, -0.25) is 0 Å². The van der Waals surface area contributed by atoms with Crippen LogP contribution in [0.15, 0.2) is 46.8 Å². The first kappa shape index (κ1) is 13.2. The van der Waals surface area contributed by atoms with Crippen LogP contribution in [0.2, 0.25) is 12.6 Å². The topological polar surface area (TPSA) is 0 Å². The monoisotopic (exact) mass is 225 g/mol. The second-order valence-electron chi connectivity index (χ2n) is 4.33. The van der Waals surface area contributed by atoms with Gasteiger partial charge in [0.2, 0.25) is 0 Å². The van der Waals surface area contributed by atoms with Crippen LogP contribution in [0.5, 0.6) is 0 Å². The SMILES string of the molecule is CC[Si](C)(C1=CC=CC1)C1=CC=CC1.[Na+]. The third kappa shape index (κ3) is 2.47. The number of allylic oxidation sites excluding steroid dienone is 8. The van der Waals surface area contributed by atoms with Crippen molar-refractivity contribution in [3.05, 3.63) is 46.8 Å². The van der Waals surface area contributed by atoms with Crippen LogP contribution in [0.25, 0.3) is 0 Å².